The van der Waals surface area contributed by atoms with Gasteiger partial charge in [0.15, 0.2) is 11.5 Å². The molecule has 3 nitrogen and oxygen atoms in total. The van der Waals surface area contributed by atoms with E-state index in [1.165, 1.54) is 6.42 Å². The highest BCUT2D eigenvalue weighted by Gasteiger charge is 2.31. The van der Waals surface area contributed by atoms with Gasteiger partial charge in [0.05, 0.1) is 7.11 Å². The highest BCUT2D eigenvalue weighted by atomic mass is 16.5. The summed E-state index contributed by atoms with van der Waals surface area (Å²) in [5, 5.41) is 13.2. The van der Waals surface area contributed by atoms with Gasteiger partial charge in [-0.3, -0.25) is 0 Å². The van der Waals surface area contributed by atoms with Gasteiger partial charge in [0.2, 0.25) is 0 Å². The van der Waals surface area contributed by atoms with Crippen LogP contribution in [0.15, 0.2) is 18.2 Å². The van der Waals surface area contributed by atoms with E-state index in [-0.39, 0.29) is 5.75 Å². The van der Waals surface area contributed by atoms with E-state index in [4.69, 9.17) is 4.74 Å². The van der Waals surface area contributed by atoms with Crippen LogP contribution in [0.5, 0.6) is 11.5 Å². The lowest BCUT2D eigenvalue weighted by molar-refractivity contribution is 0.369. The van der Waals surface area contributed by atoms with Gasteiger partial charge in [-0.25, -0.2) is 0 Å². The molecular formula is C12H17NO2. The van der Waals surface area contributed by atoms with E-state index in [1.54, 1.807) is 13.2 Å². The monoisotopic (exact) mass is 207 g/mol. The van der Waals surface area contributed by atoms with Crippen LogP contribution < -0.4 is 10.1 Å². The van der Waals surface area contributed by atoms with Gasteiger partial charge in [0.25, 0.3) is 0 Å². The zero-order valence-electron chi connectivity index (χ0n) is 9.16. The van der Waals surface area contributed by atoms with Gasteiger partial charge in [-0.1, -0.05) is 19.1 Å². The number of para-hydroxylation sites is 1. The zero-order valence-corrected chi connectivity index (χ0v) is 9.16. The maximum atomic E-state index is 9.82. The molecule has 1 aliphatic carbocycles. The van der Waals surface area contributed by atoms with Crippen molar-refractivity contribution >= 4 is 0 Å². The molecule has 0 radical (unpaired) electrons. The summed E-state index contributed by atoms with van der Waals surface area (Å²) in [6.45, 7) is 2.93. The van der Waals surface area contributed by atoms with E-state index in [2.05, 4.69) is 12.2 Å². The van der Waals surface area contributed by atoms with Gasteiger partial charge in [0, 0.05) is 18.2 Å². The third kappa shape index (κ3) is 2.23. The minimum absolute atomic E-state index is 0.251. The number of hydrogen-bond acceptors (Lipinski definition) is 3. The van der Waals surface area contributed by atoms with Crippen LogP contribution in [0, 0.1) is 5.92 Å². The highest BCUT2D eigenvalue weighted by Crippen LogP contribution is 2.32. The van der Waals surface area contributed by atoms with Crippen LogP contribution in [-0.4, -0.2) is 18.3 Å². The Labute approximate surface area is 90.1 Å². The van der Waals surface area contributed by atoms with Crippen LogP contribution in [0.2, 0.25) is 0 Å². The van der Waals surface area contributed by atoms with E-state index in [0.717, 1.165) is 11.5 Å². The van der Waals surface area contributed by atoms with Gasteiger partial charge >= 0.3 is 0 Å². The standard InChI is InChI=1S/C12H17NO2/c1-8-6-10(8)13-7-9-4-3-5-11(15-2)12(9)14/h3-5,8,10,13-14H,6-7H2,1-2H3. The minimum atomic E-state index is 0.251. The molecular weight excluding hydrogens is 190 g/mol. The molecule has 0 bridgehead atoms. The second kappa shape index (κ2) is 4.11. The number of rotatable bonds is 4. The lowest BCUT2D eigenvalue weighted by Gasteiger charge is -2.09. The summed E-state index contributed by atoms with van der Waals surface area (Å²) < 4.78 is 5.05. The Morgan fingerprint density at radius 2 is 2.27 bits per heavy atom. The zero-order chi connectivity index (χ0) is 10.8. The van der Waals surface area contributed by atoms with Crippen LogP contribution in [-0.2, 0) is 6.54 Å². The van der Waals surface area contributed by atoms with Crippen LogP contribution in [0.25, 0.3) is 0 Å². The van der Waals surface area contributed by atoms with E-state index in [1.807, 2.05) is 12.1 Å². The predicted molar refractivity (Wildman–Crippen MR) is 59.1 cm³/mol. The lowest BCUT2D eigenvalue weighted by Crippen LogP contribution is -2.17. The first-order valence-electron chi connectivity index (χ1n) is 5.30. The summed E-state index contributed by atoms with van der Waals surface area (Å²) in [7, 11) is 1.56. The summed E-state index contributed by atoms with van der Waals surface area (Å²) in [5.41, 5.74) is 0.897. The number of ether oxygens (including phenoxy) is 1. The smallest absolute Gasteiger partial charge is 0.162 e. The molecule has 0 spiro atoms. The van der Waals surface area contributed by atoms with Gasteiger partial charge in [-0.2, -0.15) is 0 Å². The molecule has 0 aliphatic heterocycles. The number of nitrogens with one attached hydrogen (secondary N) is 1. The second-order valence-corrected chi connectivity index (χ2v) is 4.17. The van der Waals surface area contributed by atoms with Crippen LogP contribution in [0.4, 0.5) is 0 Å². The van der Waals surface area contributed by atoms with E-state index in [9.17, 15) is 5.11 Å². The largest absolute Gasteiger partial charge is 0.504 e. The summed E-state index contributed by atoms with van der Waals surface area (Å²) in [6, 6.07) is 6.19. The van der Waals surface area contributed by atoms with Crippen molar-refractivity contribution in [3.8, 4) is 11.5 Å². The maximum Gasteiger partial charge on any atom is 0.162 e. The van der Waals surface area contributed by atoms with Crippen molar-refractivity contribution in [2.75, 3.05) is 7.11 Å². The van der Waals surface area contributed by atoms with Crippen molar-refractivity contribution < 1.29 is 9.84 Å². The molecule has 0 heterocycles. The van der Waals surface area contributed by atoms with Gasteiger partial charge in [0.1, 0.15) is 0 Å². The van der Waals surface area contributed by atoms with Crippen molar-refractivity contribution in [2.45, 2.75) is 25.9 Å². The average molecular weight is 207 g/mol. The van der Waals surface area contributed by atoms with Gasteiger partial charge in [-0.15, -0.1) is 0 Å². The third-order valence-electron chi connectivity index (χ3n) is 2.97. The van der Waals surface area contributed by atoms with Crippen molar-refractivity contribution in [3.05, 3.63) is 23.8 Å². The number of benzene rings is 1. The number of phenols is 1. The molecule has 1 saturated carbocycles. The molecule has 2 atom stereocenters. The van der Waals surface area contributed by atoms with Gasteiger partial charge < -0.3 is 15.2 Å². The van der Waals surface area contributed by atoms with E-state index >= 15 is 0 Å². The third-order valence-corrected chi connectivity index (χ3v) is 2.97. The van der Waals surface area contributed by atoms with E-state index in [0.29, 0.717) is 18.3 Å². The van der Waals surface area contributed by atoms with Crippen LogP contribution in [0.1, 0.15) is 18.9 Å². The van der Waals surface area contributed by atoms with Crippen molar-refractivity contribution in [2.24, 2.45) is 5.92 Å². The van der Waals surface area contributed by atoms with Crippen molar-refractivity contribution in [3.63, 3.8) is 0 Å². The Kier molecular flexibility index (Phi) is 2.82. The molecule has 1 fully saturated rings. The molecule has 0 amide bonds. The maximum absolute atomic E-state index is 9.82. The molecule has 1 aromatic carbocycles. The first-order valence-corrected chi connectivity index (χ1v) is 5.30. The number of methoxy groups -OCH3 is 1. The molecule has 3 heteroatoms. The molecule has 82 valence electrons. The molecule has 1 aliphatic rings. The van der Waals surface area contributed by atoms with Gasteiger partial charge in [-0.05, 0) is 18.4 Å². The molecule has 1 aromatic rings. The Morgan fingerprint density at radius 1 is 1.53 bits per heavy atom. The van der Waals surface area contributed by atoms with Crippen LogP contribution in [0.3, 0.4) is 0 Å². The normalized spacial score (nSPS) is 23.9. The Morgan fingerprint density at radius 3 is 2.87 bits per heavy atom. The predicted octanol–water partition coefficient (Wildman–Crippen LogP) is 1.90. The first kappa shape index (κ1) is 10.3. The molecule has 2 N–H and O–H groups in total. The first-order chi connectivity index (χ1) is 7.22. The molecule has 0 aromatic heterocycles. The molecule has 2 unspecified atom stereocenters. The quantitative estimate of drug-likeness (QED) is 0.792. The summed E-state index contributed by atoms with van der Waals surface area (Å²) >= 11 is 0. The van der Waals surface area contributed by atoms with Crippen LogP contribution >= 0.6 is 0 Å². The number of aromatic hydroxyl groups is 1. The molecule has 15 heavy (non-hydrogen) atoms. The average Bonchev–Trinajstić information content (AvgIpc) is 2.93. The topological polar surface area (TPSA) is 41.5 Å². The molecule has 0 saturated heterocycles. The SMILES string of the molecule is COc1cccc(CNC2CC2C)c1O. The van der Waals surface area contributed by atoms with Crippen molar-refractivity contribution in [1.82, 2.24) is 5.32 Å². The summed E-state index contributed by atoms with van der Waals surface area (Å²) in [6.07, 6.45) is 1.24. The molecule has 2 rings (SSSR count). The fourth-order valence-corrected chi connectivity index (χ4v) is 1.72. The fraction of sp³-hybridized carbons (Fsp3) is 0.500. The Bertz CT molecular complexity index is 351. The number of phenolic OH excluding ortho intramolecular Hbond substituents is 1. The summed E-state index contributed by atoms with van der Waals surface area (Å²) in [4.78, 5) is 0. The second-order valence-electron chi connectivity index (χ2n) is 4.17. The van der Waals surface area contributed by atoms with Crippen molar-refractivity contribution in [1.29, 1.82) is 0 Å². The summed E-state index contributed by atoms with van der Waals surface area (Å²) in [5.74, 6) is 1.57. The van der Waals surface area contributed by atoms with E-state index < -0.39 is 0 Å². The lowest BCUT2D eigenvalue weighted by atomic mass is 10.2. The fourth-order valence-electron chi connectivity index (χ4n) is 1.72. The minimum Gasteiger partial charge on any atom is -0.504 e. The Balaban J connectivity index is 2.01. The Hall–Kier alpha value is -1.22. The number of hydrogen-bond donors (Lipinski definition) is 2. The highest BCUT2D eigenvalue weighted by molar-refractivity contribution is 5.45.